The molecule has 16 heavy (non-hydrogen) atoms. The second-order valence-corrected chi connectivity index (χ2v) is 3.49. The number of rotatable bonds is 5. The van der Waals surface area contributed by atoms with Crippen LogP contribution in [0.4, 0.5) is 11.5 Å². The highest BCUT2D eigenvalue weighted by Gasteiger charge is 2.15. The molecule has 0 aliphatic rings. The number of aryl methyl sites for hydroxylation is 2. The van der Waals surface area contributed by atoms with Gasteiger partial charge in [-0.2, -0.15) is 5.10 Å². The number of anilines is 2. The van der Waals surface area contributed by atoms with Gasteiger partial charge in [0.05, 0.1) is 17.9 Å². The zero-order chi connectivity index (χ0) is 12.3. The third-order valence-electron chi connectivity index (χ3n) is 2.29. The number of amides is 1. The molecule has 0 spiro atoms. The summed E-state index contributed by atoms with van der Waals surface area (Å²) >= 11 is 0. The Morgan fingerprint density at radius 2 is 2.31 bits per heavy atom. The smallest absolute Gasteiger partial charge is 0.248 e. The van der Waals surface area contributed by atoms with E-state index >= 15 is 0 Å². The fourth-order valence-electron chi connectivity index (χ4n) is 1.36. The maximum Gasteiger partial charge on any atom is 0.248 e. The number of aliphatic hydroxyl groups excluding tert-OH is 1. The summed E-state index contributed by atoms with van der Waals surface area (Å²) in [5.74, 6) is -0.193. The molecule has 90 valence electrons. The summed E-state index contributed by atoms with van der Waals surface area (Å²) in [4.78, 5) is 10.6. The molecule has 1 aromatic heterocycles. The summed E-state index contributed by atoms with van der Waals surface area (Å²) in [6, 6.07) is 0. The number of nitrogens with zero attached hydrogens (tertiary/aromatic N) is 2. The molecule has 1 rings (SSSR count). The van der Waals surface area contributed by atoms with Crippen LogP contribution >= 0.6 is 0 Å². The molecule has 0 aromatic carbocycles. The minimum Gasteiger partial charge on any atom is -0.394 e. The average molecular weight is 227 g/mol. The van der Waals surface area contributed by atoms with Crippen LogP contribution < -0.4 is 16.8 Å². The van der Waals surface area contributed by atoms with Crippen LogP contribution in [0.15, 0.2) is 0 Å². The summed E-state index contributed by atoms with van der Waals surface area (Å²) in [5, 5.41) is 16.3. The van der Waals surface area contributed by atoms with E-state index in [1.165, 1.54) is 0 Å². The molecule has 0 saturated heterocycles. The number of hydrogen-bond acceptors (Lipinski definition) is 5. The Morgan fingerprint density at radius 3 is 2.75 bits per heavy atom. The van der Waals surface area contributed by atoms with Crippen molar-refractivity contribution in [3.63, 3.8) is 0 Å². The molecule has 0 radical (unpaired) electrons. The van der Waals surface area contributed by atoms with E-state index in [-0.39, 0.29) is 6.54 Å². The van der Waals surface area contributed by atoms with Crippen molar-refractivity contribution < 1.29 is 9.90 Å². The number of hydrogen-bond donors (Lipinski definition) is 4. The molecule has 7 nitrogen and oxygen atoms in total. The zero-order valence-corrected chi connectivity index (χ0v) is 9.40. The van der Waals surface area contributed by atoms with Gasteiger partial charge in [0.1, 0.15) is 11.9 Å². The third-order valence-corrected chi connectivity index (χ3v) is 2.29. The zero-order valence-electron chi connectivity index (χ0n) is 9.40. The van der Waals surface area contributed by atoms with Crippen LogP contribution in [0.5, 0.6) is 0 Å². The Kier molecular flexibility index (Phi) is 3.73. The Hall–Kier alpha value is -1.76. The maximum atomic E-state index is 10.6. The average Bonchev–Trinajstić information content (AvgIpc) is 2.51. The van der Waals surface area contributed by atoms with Crippen molar-refractivity contribution in [2.24, 2.45) is 12.8 Å². The molecule has 1 unspecified atom stereocenters. The fraction of sp³-hybridized carbons (Fsp3) is 0.556. The lowest BCUT2D eigenvalue weighted by atomic mass is 10.3. The van der Waals surface area contributed by atoms with Gasteiger partial charge in [-0.1, -0.05) is 6.92 Å². The molecule has 1 heterocycles. The van der Waals surface area contributed by atoms with Crippen LogP contribution in [0.2, 0.25) is 0 Å². The van der Waals surface area contributed by atoms with Crippen molar-refractivity contribution in [1.29, 1.82) is 0 Å². The van der Waals surface area contributed by atoms with E-state index in [4.69, 9.17) is 11.5 Å². The number of nitrogens with two attached hydrogens (primary N) is 2. The first-order chi connectivity index (χ1) is 7.47. The first kappa shape index (κ1) is 12.3. The summed E-state index contributed by atoms with van der Waals surface area (Å²) in [5.41, 5.74) is 12.1. The van der Waals surface area contributed by atoms with Crippen molar-refractivity contribution in [3.8, 4) is 0 Å². The first-order valence-electron chi connectivity index (χ1n) is 5.00. The molecular formula is C9H17N5O2. The largest absolute Gasteiger partial charge is 0.394 e. The highest BCUT2D eigenvalue weighted by Crippen LogP contribution is 2.21. The second-order valence-electron chi connectivity index (χ2n) is 3.49. The van der Waals surface area contributed by atoms with E-state index in [2.05, 4.69) is 10.4 Å². The molecular weight excluding hydrogens is 210 g/mol. The van der Waals surface area contributed by atoms with Gasteiger partial charge in [0.25, 0.3) is 0 Å². The molecule has 1 amide bonds. The lowest BCUT2D eigenvalue weighted by molar-refractivity contribution is -0.125. The predicted octanol–water partition coefficient (Wildman–Crippen LogP) is -1.18. The minimum atomic E-state index is -1.24. The number of primary amides is 1. The van der Waals surface area contributed by atoms with E-state index in [9.17, 15) is 9.90 Å². The van der Waals surface area contributed by atoms with Crippen LogP contribution in [0.25, 0.3) is 0 Å². The predicted molar refractivity (Wildman–Crippen MR) is 60.7 cm³/mol. The SMILES string of the molecule is CCc1nn(C)c(NCC(O)C(N)=O)c1N. The molecule has 6 N–H and O–H groups in total. The topological polar surface area (TPSA) is 119 Å². The number of carbonyl (C=O) groups excluding carboxylic acids is 1. The van der Waals surface area contributed by atoms with Gasteiger partial charge in [0.15, 0.2) is 0 Å². The Morgan fingerprint density at radius 1 is 1.69 bits per heavy atom. The molecule has 0 fully saturated rings. The maximum absolute atomic E-state index is 10.6. The van der Waals surface area contributed by atoms with Gasteiger partial charge < -0.3 is 21.9 Å². The molecule has 7 heteroatoms. The highest BCUT2D eigenvalue weighted by molar-refractivity contribution is 5.79. The fourth-order valence-corrected chi connectivity index (χ4v) is 1.36. The van der Waals surface area contributed by atoms with Crippen LogP contribution in [0.3, 0.4) is 0 Å². The van der Waals surface area contributed by atoms with Gasteiger partial charge in [-0.15, -0.1) is 0 Å². The quantitative estimate of drug-likeness (QED) is 0.505. The monoisotopic (exact) mass is 227 g/mol. The normalized spacial score (nSPS) is 12.4. The first-order valence-corrected chi connectivity index (χ1v) is 5.00. The van der Waals surface area contributed by atoms with Crippen molar-refractivity contribution in [2.45, 2.75) is 19.4 Å². The van der Waals surface area contributed by atoms with Crippen molar-refractivity contribution in [2.75, 3.05) is 17.6 Å². The Labute approximate surface area is 93.4 Å². The van der Waals surface area contributed by atoms with E-state index < -0.39 is 12.0 Å². The third kappa shape index (κ3) is 2.43. The summed E-state index contributed by atoms with van der Waals surface area (Å²) in [7, 11) is 1.73. The van der Waals surface area contributed by atoms with Gasteiger partial charge in [-0.05, 0) is 6.42 Å². The minimum absolute atomic E-state index is 0.0161. The molecule has 0 aliphatic heterocycles. The second kappa shape index (κ2) is 4.84. The molecule has 0 aliphatic carbocycles. The van der Waals surface area contributed by atoms with Gasteiger partial charge in [-0.25, -0.2) is 0 Å². The van der Waals surface area contributed by atoms with Crippen LogP contribution in [-0.4, -0.2) is 33.4 Å². The molecule has 1 aromatic rings. The van der Waals surface area contributed by atoms with Gasteiger partial charge in [0.2, 0.25) is 5.91 Å². The number of nitrogen functional groups attached to an aromatic ring is 1. The summed E-state index contributed by atoms with van der Waals surface area (Å²) < 4.78 is 1.57. The summed E-state index contributed by atoms with van der Waals surface area (Å²) in [6.07, 6.45) is -0.515. The number of nitrogens with one attached hydrogen (secondary N) is 1. The Balaban J connectivity index is 2.74. The van der Waals surface area contributed by atoms with E-state index in [0.29, 0.717) is 11.5 Å². The van der Waals surface area contributed by atoms with Gasteiger partial charge in [0, 0.05) is 7.05 Å². The van der Waals surface area contributed by atoms with Crippen molar-refractivity contribution in [3.05, 3.63) is 5.69 Å². The van der Waals surface area contributed by atoms with Gasteiger partial charge >= 0.3 is 0 Å². The molecule has 0 saturated carbocycles. The number of aliphatic hydroxyl groups is 1. The van der Waals surface area contributed by atoms with Crippen LogP contribution in [0, 0.1) is 0 Å². The van der Waals surface area contributed by atoms with E-state index in [0.717, 1.165) is 12.1 Å². The molecule has 0 bridgehead atoms. The van der Waals surface area contributed by atoms with E-state index in [1.807, 2.05) is 6.92 Å². The van der Waals surface area contributed by atoms with Crippen molar-refractivity contribution in [1.82, 2.24) is 9.78 Å². The Bertz CT molecular complexity index is 387. The molecule has 1 atom stereocenters. The van der Waals surface area contributed by atoms with E-state index in [1.54, 1.807) is 11.7 Å². The van der Waals surface area contributed by atoms with Gasteiger partial charge in [-0.3, -0.25) is 9.48 Å². The standard InChI is InChI=1S/C9H17N5O2/c1-3-5-7(10)9(14(2)13-5)12-4-6(15)8(11)16/h6,12,15H,3-4,10H2,1-2H3,(H2,11,16). The van der Waals surface area contributed by atoms with Crippen LogP contribution in [0.1, 0.15) is 12.6 Å². The lowest BCUT2D eigenvalue weighted by Crippen LogP contribution is -2.34. The highest BCUT2D eigenvalue weighted by atomic mass is 16.3. The lowest BCUT2D eigenvalue weighted by Gasteiger charge is -2.10. The van der Waals surface area contributed by atoms with Crippen LogP contribution in [-0.2, 0) is 18.3 Å². The number of carbonyl (C=O) groups is 1. The van der Waals surface area contributed by atoms with Crippen molar-refractivity contribution >= 4 is 17.4 Å². The number of aromatic nitrogens is 2. The summed E-state index contributed by atoms with van der Waals surface area (Å²) in [6.45, 7) is 1.96.